The van der Waals surface area contributed by atoms with Crippen molar-refractivity contribution >= 4 is 11.6 Å². The van der Waals surface area contributed by atoms with Crippen molar-refractivity contribution in [3.8, 4) is 17.1 Å². The number of aromatic nitrogens is 2. The van der Waals surface area contributed by atoms with E-state index >= 15 is 0 Å². The van der Waals surface area contributed by atoms with Crippen LogP contribution in [-0.4, -0.2) is 17.1 Å². The number of nitrogens with one attached hydrogen (secondary N) is 1. The second kappa shape index (κ2) is 5.20. The second-order valence-corrected chi connectivity index (χ2v) is 4.07. The molecule has 2 rings (SSSR count). The zero-order valence-electron chi connectivity index (χ0n) is 9.74. The molecular weight excluding hydrogens is 254 g/mol. The van der Waals surface area contributed by atoms with Crippen molar-refractivity contribution in [1.29, 1.82) is 0 Å². The van der Waals surface area contributed by atoms with Gasteiger partial charge in [0.25, 0.3) is 5.56 Å². The Morgan fingerprint density at radius 3 is 2.89 bits per heavy atom. The Balaban J connectivity index is 2.61. The van der Waals surface area contributed by atoms with E-state index in [1.54, 1.807) is 18.2 Å². The lowest BCUT2D eigenvalue weighted by Crippen LogP contribution is -2.13. The summed E-state index contributed by atoms with van der Waals surface area (Å²) in [4.78, 5) is 18.4. The Kier molecular flexibility index (Phi) is 3.64. The van der Waals surface area contributed by atoms with Crippen molar-refractivity contribution in [2.45, 2.75) is 6.54 Å². The molecule has 0 saturated heterocycles. The monoisotopic (exact) mass is 265 g/mol. The molecule has 0 atom stereocenters. The molecule has 94 valence electrons. The van der Waals surface area contributed by atoms with E-state index in [1.165, 1.54) is 13.2 Å². The first kappa shape index (κ1) is 12.6. The van der Waals surface area contributed by atoms with E-state index in [4.69, 9.17) is 22.1 Å². The summed E-state index contributed by atoms with van der Waals surface area (Å²) in [5.41, 5.74) is 6.42. The molecule has 0 unspecified atom stereocenters. The third-order valence-electron chi connectivity index (χ3n) is 2.42. The third kappa shape index (κ3) is 2.52. The van der Waals surface area contributed by atoms with Gasteiger partial charge in [-0.15, -0.1) is 0 Å². The molecule has 0 amide bonds. The fraction of sp³-hybridized carbons (Fsp3) is 0.167. The second-order valence-electron chi connectivity index (χ2n) is 3.63. The van der Waals surface area contributed by atoms with Crippen molar-refractivity contribution < 1.29 is 4.74 Å². The SMILES string of the molecule is COc1cc(Cl)ccc1-c1nc(CN)cc(=O)[nH]1. The smallest absolute Gasteiger partial charge is 0.251 e. The van der Waals surface area contributed by atoms with Crippen molar-refractivity contribution in [3.63, 3.8) is 0 Å². The van der Waals surface area contributed by atoms with Gasteiger partial charge in [-0.25, -0.2) is 4.98 Å². The molecule has 2 aromatic rings. The lowest BCUT2D eigenvalue weighted by atomic mass is 10.2. The van der Waals surface area contributed by atoms with E-state index in [-0.39, 0.29) is 12.1 Å². The molecule has 1 aromatic carbocycles. The molecule has 0 aliphatic carbocycles. The minimum atomic E-state index is -0.252. The summed E-state index contributed by atoms with van der Waals surface area (Å²) < 4.78 is 5.22. The number of aromatic amines is 1. The zero-order valence-corrected chi connectivity index (χ0v) is 10.5. The molecule has 0 spiro atoms. The molecule has 18 heavy (non-hydrogen) atoms. The molecule has 5 nitrogen and oxygen atoms in total. The molecule has 0 aliphatic rings. The molecule has 0 radical (unpaired) electrons. The fourth-order valence-electron chi connectivity index (χ4n) is 1.60. The predicted octanol–water partition coefficient (Wildman–Crippen LogP) is 1.56. The summed E-state index contributed by atoms with van der Waals surface area (Å²) in [6.07, 6.45) is 0. The van der Waals surface area contributed by atoms with E-state index in [0.717, 1.165) is 0 Å². The Labute approximate surface area is 109 Å². The number of hydrogen-bond acceptors (Lipinski definition) is 4. The molecule has 6 heteroatoms. The topological polar surface area (TPSA) is 81.0 Å². The highest BCUT2D eigenvalue weighted by Gasteiger charge is 2.10. The van der Waals surface area contributed by atoms with Crippen LogP contribution in [0.2, 0.25) is 5.02 Å². The first-order valence-electron chi connectivity index (χ1n) is 5.28. The maximum absolute atomic E-state index is 11.5. The van der Waals surface area contributed by atoms with Crippen LogP contribution in [0.1, 0.15) is 5.69 Å². The van der Waals surface area contributed by atoms with E-state index in [2.05, 4.69) is 9.97 Å². The minimum absolute atomic E-state index is 0.201. The molecule has 3 N–H and O–H groups in total. The molecule has 0 bridgehead atoms. The molecule has 0 aliphatic heterocycles. The molecule has 1 heterocycles. The summed E-state index contributed by atoms with van der Waals surface area (Å²) in [7, 11) is 1.53. The van der Waals surface area contributed by atoms with E-state index in [0.29, 0.717) is 27.9 Å². The quantitative estimate of drug-likeness (QED) is 0.882. The lowest BCUT2D eigenvalue weighted by Gasteiger charge is -2.08. The number of nitrogens with two attached hydrogens (primary N) is 1. The van der Waals surface area contributed by atoms with Crippen LogP contribution in [0.5, 0.6) is 5.75 Å². The van der Waals surface area contributed by atoms with Crippen LogP contribution in [0.15, 0.2) is 29.1 Å². The Hall–Kier alpha value is -1.85. The van der Waals surface area contributed by atoms with Gasteiger partial charge in [0.15, 0.2) is 0 Å². The average molecular weight is 266 g/mol. The summed E-state index contributed by atoms with van der Waals surface area (Å²) in [5.74, 6) is 0.955. The number of methoxy groups -OCH3 is 1. The van der Waals surface area contributed by atoms with Crippen molar-refractivity contribution in [2.24, 2.45) is 5.73 Å². The van der Waals surface area contributed by atoms with Crippen molar-refractivity contribution in [2.75, 3.05) is 7.11 Å². The van der Waals surface area contributed by atoms with Gasteiger partial charge in [0.2, 0.25) is 0 Å². The van der Waals surface area contributed by atoms with Crippen LogP contribution in [0, 0.1) is 0 Å². The van der Waals surface area contributed by atoms with Crippen LogP contribution in [0.25, 0.3) is 11.4 Å². The highest BCUT2D eigenvalue weighted by Crippen LogP contribution is 2.29. The number of benzene rings is 1. The average Bonchev–Trinajstić information content (AvgIpc) is 2.37. The summed E-state index contributed by atoms with van der Waals surface area (Å²) in [6.45, 7) is 0.201. The van der Waals surface area contributed by atoms with E-state index in [9.17, 15) is 4.79 Å². The van der Waals surface area contributed by atoms with Gasteiger partial charge in [0.05, 0.1) is 18.4 Å². The largest absolute Gasteiger partial charge is 0.496 e. The van der Waals surface area contributed by atoms with Gasteiger partial charge >= 0.3 is 0 Å². The van der Waals surface area contributed by atoms with Gasteiger partial charge < -0.3 is 15.5 Å². The predicted molar refractivity (Wildman–Crippen MR) is 69.7 cm³/mol. The molecule has 0 fully saturated rings. The number of nitrogens with zero attached hydrogens (tertiary/aromatic N) is 1. The molecule has 1 aromatic heterocycles. The normalized spacial score (nSPS) is 10.4. The van der Waals surface area contributed by atoms with Gasteiger partial charge in [0, 0.05) is 17.6 Å². The van der Waals surface area contributed by atoms with Gasteiger partial charge in [-0.1, -0.05) is 11.6 Å². The lowest BCUT2D eigenvalue weighted by molar-refractivity contribution is 0.416. The highest BCUT2D eigenvalue weighted by atomic mass is 35.5. The highest BCUT2D eigenvalue weighted by molar-refractivity contribution is 6.30. The Morgan fingerprint density at radius 1 is 1.44 bits per heavy atom. The maximum atomic E-state index is 11.5. The molecule has 0 saturated carbocycles. The minimum Gasteiger partial charge on any atom is -0.496 e. The summed E-state index contributed by atoms with van der Waals surface area (Å²) in [6, 6.07) is 6.46. The van der Waals surface area contributed by atoms with Gasteiger partial charge in [0.1, 0.15) is 11.6 Å². The molecular formula is C12H12ClN3O2. The van der Waals surface area contributed by atoms with Crippen LogP contribution in [0.4, 0.5) is 0 Å². The van der Waals surface area contributed by atoms with Crippen LogP contribution in [0.3, 0.4) is 0 Å². The van der Waals surface area contributed by atoms with Crippen LogP contribution < -0.4 is 16.0 Å². The fourth-order valence-corrected chi connectivity index (χ4v) is 1.76. The number of halogens is 1. The zero-order chi connectivity index (χ0) is 13.1. The van der Waals surface area contributed by atoms with Gasteiger partial charge in [-0.2, -0.15) is 0 Å². The van der Waals surface area contributed by atoms with E-state index in [1.807, 2.05) is 0 Å². The maximum Gasteiger partial charge on any atom is 0.251 e. The standard InChI is InChI=1S/C12H12ClN3O2/c1-18-10-4-7(13)2-3-9(10)12-15-8(6-14)5-11(17)16-12/h2-5H,6,14H2,1H3,(H,15,16,17). The first-order chi connectivity index (χ1) is 8.63. The Bertz CT molecular complexity index is 625. The van der Waals surface area contributed by atoms with Crippen LogP contribution >= 0.6 is 11.6 Å². The van der Waals surface area contributed by atoms with Gasteiger partial charge in [-0.05, 0) is 18.2 Å². The van der Waals surface area contributed by atoms with Crippen molar-refractivity contribution in [3.05, 3.63) is 45.3 Å². The number of ether oxygens (including phenoxy) is 1. The number of hydrogen-bond donors (Lipinski definition) is 2. The van der Waals surface area contributed by atoms with Crippen molar-refractivity contribution in [1.82, 2.24) is 9.97 Å². The van der Waals surface area contributed by atoms with E-state index < -0.39 is 0 Å². The number of H-pyrrole nitrogens is 1. The number of rotatable bonds is 3. The van der Waals surface area contributed by atoms with Crippen LogP contribution in [-0.2, 0) is 6.54 Å². The first-order valence-corrected chi connectivity index (χ1v) is 5.66. The van der Waals surface area contributed by atoms with Gasteiger partial charge in [-0.3, -0.25) is 4.79 Å². The summed E-state index contributed by atoms with van der Waals surface area (Å²) in [5, 5.41) is 0.549. The summed E-state index contributed by atoms with van der Waals surface area (Å²) >= 11 is 5.88. The Morgan fingerprint density at radius 2 is 2.22 bits per heavy atom. The third-order valence-corrected chi connectivity index (χ3v) is 2.66.